The summed E-state index contributed by atoms with van der Waals surface area (Å²) in [6, 6.07) is 15.3. The predicted molar refractivity (Wildman–Crippen MR) is 108 cm³/mol. The number of hydrogen-bond acceptors (Lipinski definition) is 7. The highest BCUT2D eigenvalue weighted by Gasteiger charge is 2.15. The maximum atomic E-state index is 10.4. The molecule has 27 heavy (non-hydrogen) atoms. The van der Waals surface area contributed by atoms with E-state index in [0.717, 1.165) is 27.0 Å². The Morgan fingerprint density at radius 1 is 1.26 bits per heavy atom. The Balaban J connectivity index is 1.57. The molecule has 0 spiro atoms. The second kappa shape index (κ2) is 7.31. The van der Waals surface area contributed by atoms with Crippen LogP contribution in [0.1, 0.15) is 5.01 Å². The summed E-state index contributed by atoms with van der Waals surface area (Å²) < 4.78 is 6.18. The van der Waals surface area contributed by atoms with Gasteiger partial charge in [0, 0.05) is 6.07 Å². The molecule has 6 nitrogen and oxygen atoms in total. The minimum absolute atomic E-state index is 0.0143. The summed E-state index contributed by atoms with van der Waals surface area (Å²) >= 11 is 2.71. The smallest absolute Gasteiger partial charge is 0.166 e. The molecule has 2 aromatic heterocycles. The molecule has 0 radical (unpaired) electrons. The number of thioether (sulfide) groups is 1. The second-order valence-corrected chi connectivity index (χ2v) is 7.63. The van der Waals surface area contributed by atoms with Crippen LogP contribution >= 0.6 is 23.1 Å². The van der Waals surface area contributed by atoms with E-state index in [-0.39, 0.29) is 17.1 Å². The van der Waals surface area contributed by atoms with Gasteiger partial charge in [-0.05, 0) is 24.3 Å². The fraction of sp³-hybridized carbons (Fsp3) is 0.105. The Morgan fingerprint density at radius 3 is 2.89 bits per heavy atom. The summed E-state index contributed by atoms with van der Waals surface area (Å²) in [6.45, 7) is 0. The first-order chi connectivity index (χ1) is 13.2. The van der Waals surface area contributed by atoms with Crippen molar-refractivity contribution in [2.45, 2.75) is 5.16 Å². The van der Waals surface area contributed by atoms with Gasteiger partial charge in [-0.1, -0.05) is 23.9 Å². The molecular weight excluding hydrogens is 380 g/mol. The topological polar surface area (TPSA) is 94.8 Å². The van der Waals surface area contributed by atoms with Gasteiger partial charge in [0.05, 0.1) is 34.1 Å². The van der Waals surface area contributed by atoms with Crippen molar-refractivity contribution in [1.82, 2.24) is 15.0 Å². The fourth-order valence-corrected chi connectivity index (χ4v) is 4.33. The number of imidazole rings is 1. The van der Waals surface area contributed by atoms with Crippen LogP contribution < -0.4 is 4.74 Å². The number of nitrogens with one attached hydrogen (secondary N) is 1. The number of aliphatic hydroxyl groups is 1. The Morgan fingerprint density at radius 2 is 2.11 bits per heavy atom. The van der Waals surface area contributed by atoms with Crippen molar-refractivity contribution in [3.63, 3.8) is 0 Å². The molecule has 134 valence electrons. The van der Waals surface area contributed by atoms with E-state index in [1.807, 2.05) is 42.5 Å². The standard InChI is InChI=1S/C19H14N4O2S2/c1-25-11-6-7-13-15(8-11)23-19(22-13)26-10-16(24)12(9-20)18-21-14-4-2-3-5-17(14)27-18/h2-8,24H,10H2,1H3,(H,22,23)/b16-12-. The van der Waals surface area contributed by atoms with E-state index >= 15 is 0 Å². The molecule has 2 heterocycles. The molecule has 0 fully saturated rings. The van der Waals surface area contributed by atoms with Crippen molar-refractivity contribution >= 4 is 49.9 Å². The Hall–Kier alpha value is -3.02. The van der Waals surface area contributed by atoms with Gasteiger partial charge < -0.3 is 14.8 Å². The first kappa shape index (κ1) is 17.4. The molecule has 0 amide bonds. The number of H-pyrrole nitrogens is 1. The average molecular weight is 394 g/mol. The Kier molecular flexibility index (Phi) is 4.71. The number of nitrogens with zero attached hydrogens (tertiary/aromatic N) is 3. The van der Waals surface area contributed by atoms with Crippen LogP contribution in [0, 0.1) is 11.3 Å². The first-order valence-electron chi connectivity index (χ1n) is 8.02. The van der Waals surface area contributed by atoms with Gasteiger partial charge in [0.25, 0.3) is 0 Å². The van der Waals surface area contributed by atoms with E-state index < -0.39 is 0 Å². The third kappa shape index (κ3) is 3.47. The number of thiazole rings is 1. The van der Waals surface area contributed by atoms with Gasteiger partial charge in [-0.15, -0.1) is 11.3 Å². The number of ether oxygens (including phenoxy) is 1. The van der Waals surface area contributed by atoms with Gasteiger partial charge in [0.15, 0.2) is 5.16 Å². The number of fused-ring (bicyclic) bond motifs is 2. The molecule has 2 aromatic carbocycles. The molecule has 2 N–H and O–H groups in total. The first-order valence-corrected chi connectivity index (χ1v) is 9.83. The molecule has 8 heteroatoms. The SMILES string of the molecule is COc1ccc2nc(SC/C(O)=C(\C#N)c3nc4ccccc4s3)[nH]c2c1. The molecule has 0 saturated carbocycles. The summed E-state index contributed by atoms with van der Waals surface area (Å²) in [5.41, 5.74) is 2.68. The number of rotatable bonds is 5. The third-order valence-corrected chi connectivity index (χ3v) is 5.86. The van der Waals surface area contributed by atoms with Crippen LogP contribution in [0.2, 0.25) is 0 Å². The summed E-state index contributed by atoms with van der Waals surface area (Å²) in [4.78, 5) is 12.1. The number of para-hydroxylation sites is 1. The molecule has 0 aliphatic carbocycles. The highest BCUT2D eigenvalue weighted by atomic mass is 32.2. The number of benzene rings is 2. The van der Waals surface area contributed by atoms with Crippen molar-refractivity contribution in [2.75, 3.05) is 12.9 Å². The summed E-state index contributed by atoms with van der Waals surface area (Å²) in [6.07, 6.45) is 0. The molecule has 0 saturated heterocycles. The number of methoxy groups -OCH3 is 1. The van der Waals surface area contributed by atoms with Gasteiger partial charge in [-0.2, -0.15) is 5.26 Å². The zero-order valence-electron chi connectivity index (χ0n) is 14.3. The normalized spacial score (nSPS) is 12.1. The van der Waals surface area contributed by atoms with E-state index in [2.05, 4.69) is 21.0 Å². The van der Waals surface area contributed by atoms with Crippen molar-refractivity contribution in [3.8, 4) is 11.8 Å². The van der Waals surface area contributed by atoms with E-state index in [9.17, 15) is 10.4 Å². The molecule has 0 aliphatic heterocycles. The lowest BCUT2D eigenvalue weighted by molar-refractivity contribution is 0.415. The van der Waals surface area contributed by atoms with Crippen LogP contribution in [-0.4, -0.2) is 32.9 Å². The van der Waals surface area contributed by atoms with Crippen molar-refractivity contribution in [3.05, 3.63) is 53.2 Å². The lowest BCUT2D eigenvalue weighted by atomic mass is 10.2. The molecule has 4 aromatic rings. The number of allylic oxidation sites excluding steroid dienone is 1. The van der Waals surface area contributed by atoms with Crippen LogP contribution in [-0.2, 0) is 0 Å². The number of aromatic amines is 1. The minimum atomic E-state index is -0.0143. The largest absolute Gasteiger partial charge is 0.510 e. The quantitative estimate of drug-likeness (QED) is 0.288. The number of aromatic nitrogens is 3. The summed E-state index contributed by atoms with van der Waals surface area (Å²) in [7, 11) is 1.61. The average Bonchev–Trinajstić information content (AvgIpc) is 3.29. The van der Waals surface area contributed by atoms with Gasteiger partial charge >= 0.3 is 0 Å². The van der Waals surface area contributed by atoms with Gasteiger partial charge in [-0.3, -0.25) is 0 Å². The highest BCUT2D eigenvalue weighted by Crippen LogP contribution is 2.30. The summed E-state index contributed by atoms with van der Waals surface area (Å²) in [5, 5.41) is 21.1. The zero-order valence-corrected chi connectivity index (χ0v) is 15.9. The lowest BCUT2D eigenvalue weighted by Crippen LogP contribution is -1.93. The van der Waals surface area contributed by atoms with Crippen LogP contribution in [0.3, 0.4) is 0 Å². The van der Waals surface area contributed by atoms with Crippen molar-refractivity contribution in [1.29, 1.82) is 5.26 Å². The number of hydrogen-bond donors (Lipinski definition) is 2. The van der Waals surface area contributed by atoms with Crippen LogP contribution in [0.4, 0.5) is 0 Å². The highest BCUT2D eigenvalue weighted by molar-refractivity contribution is 7.99. The molecule has 0 unspecified atom stereocenters. The maximum Gasteiger partial charge on any atom is 0.166 e. The Bertz CT molecular complexity index is 1170. The van der Waals surface area contributed by atoms with Crippen molar-refractivity contribution < 1.29 is 9.84 Å². The maximum absolute atomic E-state index is 10.4. The fourth-order valence-electron chi connectivity index (χ4n) is 2.58. The van der Waals surface area contributed by atoms with E-state index in [1.165, 1.54) is 23.1 Å². The molecule has 4 rings (SSSR count). The number of nitriles is 1. The van der Waals surface area contributed by atoms with Crippen LogP contribution in [0.25, 0.3) is 26.8 Å². The van der Waals surface area contributed by atoms with Gasteiger partial charge in [-0.25, -0.2) is 9.97 Å². The van der Waals surface area contributed by atoms with Crippen LogP contribution in [0.15, 0.2) is 53.4 Å². The number of aliphatic hydroxyl groups excluding tert-OH is 1. The predicted octanol–water partition coefficient (Wildman–Crippen LogP) is 4.77. The van der Waals surface area contributed by atoms with Crippen molar-refractivity contribution in [2.24, 2.45) is 0 Å². The monoisotopic (exact) mass is 394 g/mol. The lowest BCUT2D eigenvalue weighted by Gasteiger charge is -2.00. The van der Waals surface area contributed by atoms with E-state index in [4.69, 9.17) is 4.74 Å². The molecule has 0 bridgehead atoms. The zero-order chi connectivity index (χ0) is 18.8. The minimum Gasteiger partial charge on any atom is -0.510 e. The second-order valence-electron chi connectivity index (χ2n) is 5.63. The van der Waals surface area contributed by atoms with E-state index in [0.29, 0.717) is 10.2 Å². The van der Waals surface area contributed by atoms with E-state index in [1.54, 1.807) is 7.11 Å². The Labute approximate surface area is 163 Å². The van der Waals surface area contributed by atoms with Gasteiger partial charge in [0.1, 0.15) is 28.2 Å². The summed E-state index contributed by atoms with van der Waals surface area (Å²) in [5.74, 6) is 0.947. The molecule has 0 aliphatic rings. The van der Waals surface area contributed by atoms with Crippen LogP contribution in [0.5, 0.6) is 5.75 Å². The molecule has 0 atom stereocenters. The molecular formula is C19H14N4O2S2. The van der Waals surface area contributed by atoms with Gasteiger partial charge in [0.2, 0.25) is 0 Å². The third-order valence-electron chi connectivity index (χ3n) is 3.92.